The molecule has 0 bridgehead atoms. The molecule has 0 radical (unpaired) electrons. The van der Waals surface area contributed by atoms with Crippen LogP contribution in [0.1, 0.15) is 27.6 Å². The molecule has 0 atom stereocenters. The Morgan fingerprint density at radius 2 is 1.50 bits per heavy atom. The second-order valence-corrected chi connectivity index (χ2v) is 6.39. The number of fused-ring (bicyclic) bond motifs is 2. The molecule has 0 spiro atoms. The minimum Gasteiger partial charge on any atom is -0.456 e. The molecule has 1 aliphatic rings. The quantitative estimate of drug-likeness (QED) is 0.550. The molecule has 0 saturated carbocycles. The molecule has 3 aromatic carbocycles. The third kappa shape index (κ3) is 2.69. The van der Waals surface area contributed by atoms with Gasteiger partial charge in [0, 0.05) is 15.6 Å². The normalized spacial score (nSPS) is 12.7. The van der Waals surface area contributed by atoms with Crippen molar-refractivity contribution < 1.29 is 14.3 Å². The maximum atomic E-state index is 12.6. The zero-order valence-electron chi connectivity index (χ0n) is 12.6. The Morgan fingerprint density at radius 1 is 0.875 bits per heavy atom. The Kier molecular flexibility index (Phi) is 3.82. The van der Waals surface area contributed by atoms with Crippen LogP contribution in [0.3, 0.4) is 0 Å². The Morgan fingerprint density at radius 3 is 2.12 bits per heavy atom. The third-order valence-electron chi connectivity index (χ3n) is 3.91. The zero-order chi connectivity index (χ0) is 16.5. The first-order valence-electron chi connectivity index (χ1n) is 7.54. The van der Waals surface area contributed by atoms with Gasteiger partial charge in [0.1, 0.15) is 11.5 Å². The predicted molar refractivity (Wildman–Crippen MR) is 94.4 cm³/mol. The lowest BCUT2D eigenvalue weighted by atomic mass is 9.97. The highest BCUT2D eigenvalue weighted by Crippen LogP contribution is 2.44. The van der Waals surface area contributed by atoms with Crippen molar-refractivity contribution in [2.24, 2.45) is 0 Å². The summed E-state index contributed by atoms with van der Waals surface area (Å²) in [5.41, 5.74) is 2.20. The first-order valence-corrected chi connectivity index (χ1v) is 8.34. The molecule has 118 valence electrons. The Bertz CT molecular complexity index is 875. The van der Waals surface area contributed by atoms with Crippen molar-refractivity contribution in [2.45, 2.75) is 6.10 Å². The van der Waals surface area contributed by atoms with Gasteiger partial charge in [-0.2, -0.15) is 0 Å². The van der Waals surface area contributed by atoms with E-state index in [0.29, 0.717) is 17.1 Å². The van der Waals surface area contributed by atoms with E-state index < -0.39 is 6.10 Å². The minimum atomic E-state index is -0.488. The number of benzene rings is 3. The van der Waals surface area contributed by atoms with Crippen molar-refractivity contribution in [2.75, 3.05) is 0 Å². The SMILES string of the molecule is O=C(OC1c2ccccc2Oc2ccccc21)c1cccc(Br)c1. The van der Waals surface area contributed by atoms with Crippen LogP contribution in [0.5, 0.6) is 11.5 Å². The van der Waals surface area contributed by atoms with Gasteiger partial charge in [0.05, 0.1) is 5.56 Å². The number of halogens is 1. The van der Waals surface area contributed by atoms with E-state index >= 15 is 0 Å². The van der Waals surface area contributed by atoms with Gasteiger partial charge in [-0.15, -0.1) is 0 Å². The van der Waals surface area contributed by atoms with Crippen LogP contribution in [-0.2, 0) is 4.74 Å². The number of hydrogen-bond donors (Lipinski definition) is 0. The van der Waals surface area contributed by atoms with Crippen LogP contribution < -0.4 is 4.74 Å². The summed E-state index contributed by atoms with van der Waals surface area (Å²) >= 11 is 3.38. The molecule has 0 aromatic heterocycles. The number of rotatable bonds is 2. The molecule has 3 nitrogen and oxygen atoms in total. The van der Waals surface area contributed by atoms with Gasteiger partial charge in [0.2, 0.25) is 0 Å². The van der Waals surface area contributed by atoms with Crippen LogP contribution in [0.2, 0.25) is 0 Å². The molecule has 1 heterocycles. The molecule has 0 saturated heterocycles. The Hall–Kier alpha value is -2.59. The summed E-state index contributed by atoms with van der Waals surface area (Å²) in [6.07, 6.45) is -0.488. The average molecular weight is 381 g/mol. The third-order valence-corrected chi connectivity index (χ3v) is 4.40. The minimum absolute atomic E-state index is 0.368. The van der Waals surface area contributed by atoms with Gasteiger partial charge < -0.3 is 9.47 Å². The van der Waals surface area contributed by atoms with Gasteiger partial charge in [-0.25, -0.2) is 4.79 Å². The van der Waals surface area contributed by atoms with E-state index in [9.17, 15) is 4.79 Å². The van der Waals surface area contributed by atoms with Gasteiger partial charge in [0.25, 0.3) is 0 Å². The number of carbonyl (C=O) groups excluding carboxylic acids is 1. The highest BCUT2D eigenvalue weighted by molar-refractivity contribution is 9.10. The monoisotopic (exact) mass is 380 g/mol. The molecule has 3 aromatic rings. The number of ether oxygens (including phenoxy) is 2. The summed E-state index contributed by atoms with van der Waals surface area (Å²) in [5.74, 6) is 1.05. The van der Waals surface area contributed by atoms with Crippen LogP contribution >= 0.6 is 15.9 Å². The predicted octanol–water partition coefficient (Wildman–Crippen LogP) is 5.50. The molecular formula is C20H13BrO3. The molecular weight excluding hydrogens is 368 g/mol. The number of para-hydroxylation sites is 2. The summed E-state index contributed by atoms with van der Waals surface area (Å²) in [6.45, 7) is 0. The molecule has 0 N–H and O–H groups in total. The average Bonchev–Trinajstić information content (AvgIpc) is 2.61. The Balaban J connectivity index is 1.73. The van der Waals surface area contributed by atoms with Crippen LogP contribution in [-0.4, -0.2) is 5.97 Å². The topological polar surface area (TPSA) is 35.5 Å². The first kappa shape index (κ1) is 15.0. The molecule has 0 fully saturated rings. The molecule has 0 unspecified atom stereocenters. The van der Waals surface area contributed by atoms with Crippen LogP contribution in [0.15, 0.2) is 77.3 Å². The molecule has 0 aliphatic carbocycles. The van der Waals surface area contributed by atoms with Crippen molar-refractivity contribution >= 4 is 21.9 Å². The van der Waals surface area contributed by atoms with E-state index in [4.69, 9.17) is 9.47 Å². The van der Waals surface area contributed by atoms with Crippen molar-refractivity contribution in [1.82, 2.24) is 0 Å². The van der Waals surface area contributed by atoms with E-state index in [-0.39, 0.29) is 5.97 Å². The standard InChI is InChI=1S/C20H13BrO3/c21-14-7-5-6-13(12-14)20(22)24-19-15-8-1-3-10-17(15)23-18-11-4-2-9-16(18)19/h1-12,19H. The van der Waals surface area contributed by atoms with Crippen molar-refractivity contribution in [1.29, 1.82) is 0 Å². The van der Waals surface area contributed by atoms with Gasteiger partial charge in [-0.3, -0.25) is 0 Å². The smallest absolute Gasteiger partial charge is 0.339 e. The van der Waals surface area contributed by atoms with Crippen LogP contribution in [0.4, 0.5) is 0 Å². The summed E-state index contributed by atoms with van der Waals surface area (Å²) in [6, 6.07) is 22.4. The van der Waals surface area contributed by atoms with Gasteiger partial charge in [-0.1, -0.05) is 58.4 Å². The fraction of sp³-hybridized carbons (Fsp3) is 0.0500. The van der Waals surface area contributed by atoms with E-state index in [2.05, 4.69) is 15.9 Å². The second kappa shape index (κ2) is 6.13. The Labute approximate surface area is 148 Å². The summed E-state index contributed by atoms with van der Waals surface area (Å²) in [5, 5.41) is 0. The van der Waals surface area contributed by atoms with Crippen molar-refractivity contribution in [3.8, 4) is 11.5 Å². The molecule has 4 heteroatoms. The maximum absolute atomic E-state index is 12.6. The first-order chi connectivity index (χ1) is 11.7. The van der Waals surface area contributed by atoms with Crippen molar-refractivity contribution in [3.05, 3.63) is 94.0 Å². The number of carbonyl (C=O) groups is 1. The van der Waals surface area contributed by atoms with Gasteiger partial charge >= 0.3 is 5.97 Å². The lowest BCUT2D eigenvalue weighted by Crippen LogP contribution is -2.17. The zero-order valence-corrected chi connectivity index (χ0v) is 14.2. The molecule has 0 amide bonds. The summed E-state index contributed by atoms with van der Waals surface area (Å²) in [4.78, 5) is 12.6. The van der Waals surface area contributed by atoms with Crippen LogP contribution in [0, 0.1) is 0 Å². The molecule has 4 rings (SSSR count). The molecule has 24 heavy (non-hydrogen) atoms. The fourth-order valence-corrected chi connectivity index (χ4v) is 3.18. The lowest BCUT2D eigenvalue weighted by Gasteiger charge is -2.27. The highest BCUT2D eigenvalue weighted by Gasteiger charge is 2.30. The van der Waals surface area contributed by atoms with Gasteiger partial charge in [-0.05, 0) is 30.3 Å². The largest absolute Gasteiger partial charge is 0.456 e. The highest BCUT2D eigenvalue weighted by atomic mass is 79.9. The van der Waals surface area contributed by atoms with E-state index in [1.165, 1.54) is 0 Å². The number of esters is 1. The van der Waals surface area contributed by atoms with Gasteiger partial charge in [0.15, 0.2) is 6.10 Å². The maximum Gasteiger partial charge on any atom is 0.339 e. The fourth-order valence-electron chi connectivity index (χ4n) is 2.78. The van der Waals surface area contributed by atoms with Crippen LogP contribution in [0.25, 0.3) is 0 Å². The van der Waals surface area contributed by atoms with E-state index in [0.717, 1.165) is 15.6 Å². The summed E-state index contributed by atoms with van der Waals surface area (Å²) < 4.78 is 12.6. The van der Waals surface area contributed by atoms with E-state index in [1.807, 2.05) is 60.7 Å². The van der Waals surface area contributed by atoms with E-state index in [1.54, 1.807) is 12.1 Å². The second-order valence-electron chi connectivity index (χ2n) is 5.47. The van der Waals surface area contributed by atoms with Crippen molar-refractivity contribution in [3.63, 3.8) is 0 Å². The lowest BCUT2D eigenvalue weighted by molar-refractivity contribution is 0.0362. The molecule has 1 aliphatic heterocycles. The number of hydrogen-bond acceptors (Lipinski definition) is 3. The summed E-state index contributed by atoms with van der Waals surface area (Å²) in [7, 11) is 0.